The van der Waals surface area contributed by atoms with Gasteiger partial charge >= 0.3 is 6.18 Å². The third-order valence-corrected chi connectivity index (χ3v) is 4.40. The van der Waals surface area contributed by atoms with Gasteiger partial charge in [0, 0.05) is 12.1 Å². The van der Waals surface area contributed by atoms with Crippen LogP contribution in [-0.2, 0) is 17.5 Å². The Morgan fingerprint density at radius 1 is 1.42 bits per heavy atom. The van der Waals surface area contributed by atoms with Crippen molar-refractivity contribution in [3.63, 3.8) is 0 Å². The number of amides is 1. The Bertz CT molecular complexity index is 909. The van der Waals surface area contributed by atoms with Gasteiger partial charge in [0.25, 0.3) is 0 Å². The molecule has 1 fully saturated rings. The van der Waals surface area contributed by atoms with Crippen LogP contribution in [-0.4, -0.2) is 20.7 Å². The van der Waals surface area contributed by atoms with Crippen molar-refractivity contribution < 1.29 is 18.0 Å². The summed E-state index contributed by atoms with van der Waals surface area (Å²) < 4.78 is 41.6. The van der Waals surface area contributed by atoms with Crippen molar-refractivity contribution in [3.8, 4) is 0 Å². The molecule has 0 unspecified atom stereocenters. The maximum absolute atomic E-state index is 13.1. The second-order valence-corrected chi connectivity index (χ2v) is 6.52. The Balaban J connectivity index is 1.73. The second-order valence-electron chi connectivity index (χ2n) is 6.13. The normalized spacial score (nSPS) is 15.2. The lowest BCUT2D eigenvalue weighted by molar-refractivity contribution is -0.137. The van der Waals surface area contributed by atoms with Gasteiger partial charge in [-0.15, -0.1) is 0 Å². The van der Waals surface area contributed by atoms with Crippen molar-refractivity contribution in [2.45, 2.75) is 38.5 Å². The SMILES string of the molecule is CC(=CC(=O)NCc1n[nH]c(=S)n1C1CC1)c1ccccc1C(F)(F)F. The minimum atomic E-state index is -4.48. The number of rotatable bonds is 5. The summed E-state index contributed by atoms with van der Waals surface area (Å²) in [6.45, 7) is 1.62. The van der Waals surface area contributed by atoms with Gasteiger partial charge in [0.2, 0.25) is 5.91 Å². The highest BCUT2D eigenvalue weighted by Gasteiger charge is 2.33. The largest absolute Gasteiger partial charge is 0.416 e. The number of carbonyl (C=O) groups is 1. The predicted molar refractivity (Wildman–Crippen MR) is 92.6 cm³/mol. The van der Waals surface area contributed by atoms with E-state index in [1.807, 2.05) is 4.57 Å². The zero-order valence-corrected chi connectivity index (χ0v) is 14.7. The van der Waals surface area contributed by atoms with Crippen LogP contribution in [0.4, 0.5) is 13.2 Å². The van der Waals surface area contributed by atoms with Crippen LogP contribution in [0.3, 0.4) is 0 Å². The molecule has 1 aliphatic rings. The van der Waals surface area contributed by atoms with Gasteiger partial charge in [-0.25, -0.2) is 0 Å². The molecule has 5 nitrogen and oxygen atoms in total. The van der Waals surface area contributed by atoms with Gasteiger partial charge in [0.15, 0.2) is 10.6 Å². The number of alkyl halides is 3. The van der Waals surface area contributed by atoms with E-state index in [0.717, 1.165) is 25.0 Å². The van der Waals surface area contributed by atoms with Gasteiger partial charge in [-0.3, -0.25) is 14.5 Å². The number of allylic oxidation sites excluding steroid dienone is 1. The summed E-state index contributed by atoms with van der Waals surface area (Å²) in [6, 6.07) is 5.48. The van der Waals surface area contributed by atoms with Crippen molar-refractivity contribution >= 4 is 23.7 Å². The third-order valence-electron chi connectivity index (χ3n) is 4.12. The highest BCUT2D eigenvalue weighted by molar-refractivity contribution is 7.71. The molecular formula is C17H17F3N4OS. The number of aromatic amines is 1. The highest BCUT2D eigenvalue weighted by Crippen LogP contribution is 2.36. The molecule has 1 saturated carbocycles. The second kappa shape index (κ2) is 7.06. The molecule has 2 aromatic rings. The predicted octanol–water partition coefficient (Wildman–Crippen LogP) is 4.01. The number of nitrogens with one attached hydrogen (secondary N) is 2. The maximum atomic E-state index is 13.1. The van der Waals surface area contributed by atoms with Crippen molar-refractivity contribution in [2.24, 2.45) is 0 Å². The monoisotopic (exact) mass is 382 g/mol. The molecule has 1 aromatic carbocycles. The van der Waals surface area contributed by atoms with Crippen molar-refractivity contribution in [3.05, 3.63) is 52.1 Å². The zero-order chi connectivity index (χ0) is 18.9. The van der Waals surface area contributed by atoms with Gasteiger partial charge in [-0.2, -0.15) is 18.3 Å². The summed E-state index contributed by atoms with van der Waals surface area (Å²) in [4.78, 5) is 12.1. The number of carbonyl (C=O) groups excluding carboxylic acids is 1. The summed E-state index contributed by atoms with van der Waals surface area (Å²) in [5.41, 5.74) is -0.552. The standard InChI is InChI=1S/C17H17F3N4OS/c1-10(12-4-2-3-5-13(12)17(18,19)20)8-15(25)21-9-14-22-23-16(26)24(14)11-6-7-11/h2-5,8,11H,6-7,9H2,1H3,(H,21,25)(H,23,26). The van der Waals surface area contributed by atoms with Crippen molar-refractivity contribution in [1.29, 1.82) is 0 Å². The first-order valence-electron chi connectivity index (χ1n) is 8.06. The number of hydrogen-bond acceptors (Lipinski definition) is 3. The lowest BCUT2D eigenvalue weighted by Crippen LogP contribution is -2.23. The first-order valence-corrected chi connectivity index (χ1v) is 8.46. The van der Waals surface area contributed by atoms with Crippen LogP contribution in [0.1, 0.15) is 42.8 Å². The molecule has 1 aromatic heterocycles. The molecule has 138 valence electrons. The van der Waals surface area contributed by atoms with E-state index in [9.17, 15) is 18.0 Å². The van der Waals surface area contributed by atoms with Crippen LogP contribution < -0.4 is 5.32 Å². The molecule has 0 spiro atoms. The van der Waals surface area contributed by atoms with Crippen molar-refractivity contribution in [2.75, 3.05) is 0 Å². The molecule has 2 N–H and O–H groups in total. The van der Waals surface area contributed by atoms with Crippen LogP contribution in [0, 0.1) is 4.77 Å². The molecule has 0 atom stereocenters. The lowest BCUT2D eigenvalue weighted by Gasteiger charge is -2.13. The van der Waals surface area contributed by atoms with E-state index in [1.165, 1.54) is 25.1 Å². The van der Waals surface area contributed by atoms with Crippen molar-refractivity contribution in [1.82, 2.24) is 20.1 Å². The van der Waals surface area contributed by atoms with E-state index in [4.69, 9.17) is 12.2 Å². The number of benzene rings is 1. The molecule has 1 heterocycles. The number of hydrogen-bond donors (Lipinski definition) is 2. The molecule has 0 bridgehead atoms. The number of halogens is 3. The van der Waals surface area contributed by atoms with Gasteiger partial charge < -0.3 is 5.32 Å². The molecular weight excluding hydrogens is 365 g/mol. The fourth-order valence-corrected chi connectivity index (χ4v) is 3.04. The third kappa shape index (κ3) is 4.04. The van der Waals surface area contributed by atoms with Crippen LogP contribution in [0.15, 0.2) is 30.3 Å². The summed E-state index contributed by atoms with van der Waals surface area (Å²) >= 11 is 5.17. The molecule has 0 saturated heterocycles. The Labute approximate surface area is 152 Å². The maximum Gasteiger partial charge on any atom is 0.416 e. The molecule has 26 heavy (non-hydrogen) atoms. The summed E-state index contributed by atoms with van der Waals surface area (Å²) in [5, 5.41) is 9.44. The Morgan fingerprint density at radius 2 is 2.12 bits per heavy atom. The molecule has 1 amide bonds. The van der Waals surface area contributed by atoms with Gasteiger partial charge in [0.05, 0.1) is 12.1 Å². The molecule has 0 radical (unpaired) electrons. The zero-order valence-electron chi connectivity index (χ0n) is 13.9. The van der Waals surface area contributed by atoms with Gasteiger partial charge in [0.1, 0.15) is 0 Å². The number of H-pyrrole nitrogens is 1. The van der Waals surface area contributed by atoms with Crippen LogP contribution in [0.2, 0.25) is 0 Å². The Hall–Kier alpha value is -2.42. The topological polar surface area (TPSA) is 62.7 Å². The fraction of sp³-hybridized carbons (Fsp3) is 0.353. The fourth-order valence-electron chi connectivity index (χ4n) is 2.74. The summed E-state index contributed by atoms with van der Waals surface area (Å²) in [6.07, 6.45) is -1.29. The van der Waals surface area contributed by atoms with E-state index in [1.54, 1.807) is 0 Å². The lowest BCUT2D eigenvalue weighted by atomic mass is 10.00. The average Bonchev–Trinajstić information content (AvgIpc) is 3.35. The molecule has 0 aliphatic heterocycles. The quantitative estimate of drug-likeness (QED) is 0.607. The molecule has 3 rings (SSSR count). The summed E-state index contributed by atoms with van der Waals surface area (Å²) in [5.74, 6) is 0.114. The smallest absolute Gasteiger partial charge is 0.345 e. The average molecular weight is 382 g/mol. The first kappa shape index (κ1) is 18.4. The Kier molecular flexibility index (Phi) is 4.99. The van der Waals surface area contributed by atoms with Crippen LogP contribution in [0.25, 0.3) is 5.57 Å². The molecule has 1 aliphatic carbocycles. The Morgan fingerprint density at radius 3 is 2.77 bits per heavy atom. The first-order chi connectivity index (χ1) is 12.3. The summed E-state index contributed by atoms with van der Waals surface area (Å²) in [7, 11) is 0. The van der Waals surface area contributed by atoms with E-state index in [2.05, 4.69) is 15.5 Å². The minimum Gasteiger partial charge on any atom is -0.345 e. The van der Waals surface area contributed by atoms with E-state index in [-0.39, 0.29) is 17.7 Å². The highest BCUT2D eigenvalue weighted by atomic mass is 32.1. The van der Waals surface area contributed by atoms with E-state index >= 15 is 0 Å². The number of aromatic nitrogens is 3. The molecule has 9 heteroatoms. The van der Waals surface area contributed by atoms with Gasteiger partial charge in [-0.1, -0.05) is 18.2 Å². The number of nitrogens with zero attached hydrogens (tertiary/aromatic N) is 2. The van der Waals surface area contributed by atoms with E-state index < -0.39 is 17.6 Å². The van der Waals surface area contributed by atoms with Gasteiger partial charge in [-0.05, 0) is 49.2 Å². The van der Waals surface area contributed by atoms with Crippen LogP contribution in [0.5, 0.6) is 0 Å². The van der Waals surface area contributed by atoms with Crippen LogP contribution >= 0.6 is 12.2 Å². The van der Waals surface area contributed by atoms with E-state index in [0.29, 0.717) is 16.6 Å². The minimum absolute atomic E-state index is 0.0178.